The van der Waals surface area contributed by atoms with Gasteiger partial charge >= 0.3 is 0 Å². The van der Waals surface area contributed by atoms with E-state index in [2.05, 4.69) is 12.2 Å². The molecule has 1 aromatic rings. The minimum Gasteiger partial charge on any atom is -0.341 e. The van der Waals surface area contributed by atoms with Gasteiger partial charge < -0.3 is 9.80 Å². The molecule has 1 saturated heterocycles. The average Bonchev–Trinajstić information content (AvgIpc) is 2.95. The zero-order valence-electron chi connectivity index (χ0n) is 13.8. The van der Waals surface area contributed by atoms with Crippen LogP contribution >= 0.6 is 0 Å². The van der Waals surface area contributed by atoms with E-state index in [4.69, 9.17) is 0 Å². The third-order valence-electron chi connectivity index (χ3n) is 4.76. The molecule has 1 aliphatic heterocycles. The average molecular weight is 330 g/mol. The van der Waals surface area contributed by atoms with Crippen molar-refractivity contribution in [1.29, 1.82) is 0 Å². The Labute approximate surface area is 141 Å². The molecular weight excluding hydrogens is 307 g/mol. The summed E-state index contributed by atoms with van der Waals surface area (Å²) in [7, 11) is 0. The zero-order valence-corrected chi connectivity index (χ0v) is 13.8. The largest absolute Gasteiger partial charge is 0.341 e. The van der Waals surface area contributed by atoms with E-state index in [0.717, 1.165) is 19.3 Å². The van der Waals surface area contributed by atoms with Gasteiger partial charge in [0, 0.05) is 38.2 Å². The van der Waals surface area contributed by atoms with Gasteiger partial charge in [-0.3, -0.25) is 9.59 Å². The molecular formula is C19H23FN2O2. The third-order valence-corrected chi connectivity index (χ3v) is 4.76. The molecule has 0 radical (unpaired) electrons. The molecule has 0 spiro atoms. The summed E-state index contributed by atoms with van der Waals surface area (Å²) < 4.78 is 13.3. The number of benzene rings is 1. The fourth-order valence-electron chi connectivity index (χ4n) is 3.39. The van der Waals surface area contributed by atoms with Crippen molar-refractivity contribution in [3.8, 4) is 0 Å². The minimum absolute atomic E-state index is 0.164. The molecule has 2 amide bonds. The summed E-state index contributed by atoms with van der Waals surface area (Å²) in [5, 5.41) is 0. The van der Waals surface area contributed by atoms with Crippen LogP contribution in [0.25, 0.3) is 0 Å². The SMILES string of the molecule is O=C(C[C@@H]1C=CCC1)N1CCCN(C(=O)c2cccc(F)c2)CC1. The minimum atomic E-state index is -0.405. The molecule has 0 aromatic heterocycles. The Morgan fingerprint density at radius 2 is 1.92 bits per heavy atom. The summed E-state index contributed by atoms with van der Waals surface area (Å²) in [5.74, 6) is -0.0305. The molecule has 1 heterocycles. The molecule has 0 bridgehead atoms. The standard InChI is InChI=1S/C19H23FN2O2/c20-17-8-3-7-16(14-17)19(24)22-10-4-9-21(11-12-22)18(23)13-15-5-1-2-6-15/h1,3,5,7-8,14-15H,2,4,6,9-13H2/t15-/m1/s1. The van der Waals surface area contributed by atoms with E-state index >= 15 is 0 Å². The number of allylic oxidation sites excluding steroid dienone is 2. The van der Waals surface area contributed by atoms with Gasteiger partial charge in [0.1, 0.15) is 5.82 Å². The number of hydrogen-bond donors (Lipinski definition) is 0. The number of carbonyl (C=O) groups excluding carboxylic acids is 2. The molecule has 4 nitrogen and oxygen atoms in total. The maximum absolute atomic E-state index is 13.3. The lowest BCUT2D eigenvalue weighted by atomic mass is 10.0. The van der Waals surface area contributed by atoms with Crippen LogP contribution in [0.15, 0.2) is 36.4 Å². The molecule has 3 rings (SSSR count). The highest BCUT2D eigenvalue weighted by molar-refractivity contribution is 5.94. The number of carbonyl (C=O) groups is 2. The first-order valence-corrected chi connectivity index (χ1v) is 8.63. The summed E-state index contributed by atoms with van der Waals surface area (Å²) in [5.41, 5.74) is 0.367. The van der Waals surface area contributed by atoms with Crippen LogP contribution in [0, 0.1) is 11.7 Å². The molecule has 1 aromatic carbocycles. The molecule has 0 unspecified atom stereocenters. The van der Waals surface area contributed by atoms with Gasteiger partial charge in [0.05, 0.1) is 0 Å². The number of halogens is 1. The summed E-state index contributed by atoms with van der Waals surface area (Å²) in [6, 6.07) is 5.77. The highest BCUT2D eigenvalue weighted by Crippen LogP contribution is 2.21. The number of rotatable bonds is 3. The van der Waals surface area contributed by atoms with Crippen LogP contribution in [-0.4, -0.2) is 47.8 Å². The second-order valence-corrected chi connectivity index (χ2v) is 6.51. The van der Waals surface area contributed by atoms with Crippen molar-refractivity contribution in [2.24, 2.45) is 5.92 Å². The molecule has 1 aliphatic carbocycles. The zero-order chi connectivity index (χ0) is 16.9. The number of amides is 2. The van der Waals surface area contributed by atoms with Crippen LogP contribution in [0.1, 0.15) is 36.0 Å². The lowest BCUT2D eigenvalue weighted by molar-refractivity contribution is -0.131. The fraction of sp³-hybridized carbons (Fsp3) is 0.474. The van der Waals surface area contributed by atoms with E-state index in [1.165, 1.54) is 12.1 Å². The Hall–Kier alpha value is -2.17. The number of hydrogen-bond acceptors (Lipinski definition) is 2. The molecule has 2 aliphatic rings. The molecule has 24 heavy (non-hydrogen) atoms. The normalized spacial score (nSPS) is 21.0. The van der Waals surface area contributed by atoms with Gasteiger partial charge in [-0.1, -0.05) is 18.2 Å². The first-order chi connectivity index (χ1) is 11.6. The van der Waals surface area contributed by atoms with Crippen molar-refractivity contribution < 1.29 is 14.0 Å². The van der Waals surface area contributed by atoms with E-state index in [0.29, 0.717) is 44.1 Å². The maximum Gasteiger partial charge on any atom is 0.254 e. The van der Waals surface area contributed by atoms with Gasteiger partial charge in [0.25, 0.3) is 5.91 Å². The van der Waals surface area contributed by atoms with Crippen LogP contribution in [0.2, 0.25) is 0 Å². The van der Waals surface area contributed by atoms with Crippen molar-refractivity contribution >= 4 is 11.8 Å². The smallest absolute Gasteiger partial charge is 0.254 e. The highest BCUT2D eigenvalue weighted by atomic mass is 19.1. The van der Waals surface area contributed by atoms with Crippen molar-refractivity contribution in [2.45, 2.75) is 25.7 Å². The highest BCUT2D eigenvalue weighted by Gasteiger charge is 2.24. The van der Waals surface area contributed by atoms with Gasteiger partial charge in [0.2, 0.25) is 5.91 Å². The van der Waals surface area contributed by atoms with Crippen LogP contribution in [-0.2, 0) is 4.79 Å². The number of nitrogens with zero attached hydrogens (tertiary/aromatic N) is 2. The Kier molecular flexibility index (Phi) is 5.28. The van der Waals surface area contributed by atoms with E-state index < -0.39 is 5.82 Å². The van der Waals surface area contributed by atoms with Gasteiger partial charge in [0.15, 0.2) is 0 Å². The van der Waals surface area contributed by atoms with Crippen LogP contribution in [0.3, 0.4) is 0 Å². The van der Waals surface area contributed by atoms with Crippen molar-refractivity contribution in [2.75, 3.05) is 26.2 Å². The van der Waals surface area contributed by atoms with E-state index in [1.54, 1.807) is 17.0 Å². The first-order valence-electron chi connectivity index (χ1n) is 8.63. The molecule has 0 saturated carbocycles. The topological polar surface area (TPSA) is 40.6 Å². The van der Waals surface area contributed by atoms with Crippen molar-refractivity contribution in [3.05, 3.63) is 47.8 Å². The van der Waals surface area contributed by atoms with Gasteiger partial charge in [-0.15, -0.1) is 0 Å². The Morgan fingerprint density at radius 1 is 1.12 bits per heavy atom. The maximum atomic E-state index is 13.3. The first kappa shape index (κ1) is 16.7. The Bertz CT molecular complexity index is 644. The second kappa shape index (κ2) is 7.60. The van der Waals surface area contributed by atoms with Crippen LogP contribution in [0.4, 0.5) is 4.39 Å². The molecule has 0 N–H and O–H groups in total. The van der Waals surface area contributed by atoms with E-state index in [-0.39, 0.29) is 11.8 Å². The van der Waals surface area contributed by atoms with Crippen LogP contribution < -0.4 is 0 Å². The third kappa shape index (κ3) is 4.02. The van der Waals surface area contributed by atoms with Gasteiger partial charge in [-0.2, -0.15) is 0 Å². The predicted octanol–water partition coefficient (Wildman–Crippen LogP) is 2.86. The summed E-state index contributed by atoms with van der Waals surface area (Å²) >= 11 is 0. The quantitative estimate of drug-likeness (QED) is 0.800. The lowest BCUT2D eigenvalue weighted by Crippen LogP contribution is -2.37. The molecule has 1 fully saturated rings. The second-order valence-electron chi connectivity index (χ2n) is 6.51. The summed E-state index contributed by atoms with van der Waals surface area (Å²) in [4.78, 5) is 28.5. The van der Waals surface area contributed by atoms with Crippen LogP contribution in [0.5, 0.6) is 0 Å². The van der Waals surface area contributed by atoms with E-state index in [1.807, 2.05) is 4.90 Å². The van der Waals surface area contributed by atoms with E-state index in [9.17, 15) is 14.0 Å². The lowest BCUT2D eigenvalue weighted by Gasteiger charge is -2.23. The summed E-state index contributed by atoms with van der Waals surface area (Å²) in [6.45, 7) is 2.34. The summed E-state index contributed by atoms with van der Waals surface area (Å²) in [6.07, 6.45) is 7.72. The molecule has 128 valence electrons. The van der Waals surface area contributed by atoms with Crippen molar-refractivity contribution in [3.63, 3.8) is 0 Å². The molecule has 1 atom stereocenters. The molecule has 5 heteroatoms. The Balaban J connectivity index is 1.57. The fourth-order valence-corrected chi connectivity index (χ4v) is 3.39. The van der Waals surface area contributed by atoms with Gasteiger partial charge in [-0.25, -0.2) is 4.39 Å². The monoisotopic (exact) mass is 330 g/mol. The van der Waals surface area contributed by atoms with Crippen molar-refractivity contribution in [1.82, 2.24) is 9.80 Å². The Morgan fingerprint density at radius 3 is 2.67 bits per heavy atom. The van der Waals surface area contributed by atoms with Gasteiger partial charge in [-0.05, 0) is 43.4 Å². The predicted molar refractivity (Wildman–Crippen MR) is 90.0 cm³/mol.